The smallest absolute Gasteiger partial charge is 0.344 e. The van der Waals surface area contributed by atoms with Crippen molar-refractivity contribution in [1.82, 2.24) is 4.98 Å². The van der Waals surface area contributed by atoms with Crippen LogP contribution in [0.15, 0.2) is 36.5 Å². The number of pyridine rings is 1. The molecule has 0 bridgehead atoms. The van der Waals surface area contributed by atoms with Gasteiger partial charge in [-0.05, 0) is 23.1 Å². The van der Waals surface area contributed by atoms with E-state index in [-0.39, 0.29) is 22.9 Å². The van der Waals surface area contributed by atoms with Gasteiger partial charge in [-0.2, -0.15) is 0 Å². The molecule has 1 aromatic carbocycles. The van der Waals surface area contributed by atoms with Crippen molar-refractivity contribution in [1.29, 1.82) is 0 Å². The second kappa shape index (κ2) is 9.06. The van der Waals surface area contributed by atoms with Crippen LogP contribution >= 0.6 is 23.2 Å². The van der Waals surface area contributed by atoms with Crippen LogP contribution in [0.2, 0.25) is 10.0 Å². The molecule has 0 aliphatic heterocycles. The number of hydrogen-bond donors (Lipinski definition) is 1. The molecule has 1 N–H and O–H groups in total. The van der Waals surface area contributed by atoms with Crippen LogP contribution in [0.1, 0.15) is 26.3 Å². The minimum absolute atomic E-state index is 0.134. The van der Waals surface area contributed by atoms with Gasteiger partial charge in [0.05, 0.1) is 10.0 Å². The Bertz CT molecular complexity index is 835. The van der Waals surface area contributed by atoms with Crippen molar-refractivity contribution < 1.29 is 19.1 Å². The predicted octanol–water partition coefficient (Wildman–Crippen LogP) is 4.25. The van der Waals surface area contributed by atoms with Gasteiger partial charge < -0.3 is 14.8 Å². The zero-order valence-corrected chi connectivity index (χ0v) is 16.7. The number of rotatable bonds is 6. The molecule has 0 saturated carbocycles. The number of halogens is 2. The first-order valence-electron chi connectivity index (χ1n) is 8.15. The minimum Gasteiger partial charge on any atom is -0.482 e. The first kappa shape index (κ1) is 21.0. The van der Waals surface area contributed by atoms with E-state index in [1.165, 1.54) is 12.3 Å². The third-order valence-corrected chi connectivity index (χ3v) is 3.97. The van der Waals surface area contributed by atoms with Gasteiger partial charge in [-0.1, -0.05) is 62.2 Å². The van der Waals surface area contributed by atoms with E-state index >= 15 is 0 Å². The lowest BCUT2D eigenvalue weighted by Crippen LogP contribution is -2.24. The Hall–Kier alpha value is -2.31. The second-order valence-corrected chi connectivity index (χ2v) is 7.57. The number of amides is 1. The first-order chi connectivity index (χ1) is 12.7. The number of nitrogens with one attached hydrogen (secondary N) is 1. The Morgan fingerprint density at radius 2 is 1.85 bits per heavy atom. The number of ether oxygens (including phenoxy) is 2. The van der Waals surface area contributed by atoms with Gasteiger partial charge in [-0.3, -0.25) is 4.79 Å². The van der Waals surface area contributed by atoms with Crippen LogP contribution < -0.4 is 10.1 Å². The Morgan fingerprint density at radius 1 is 1.15 bits per heavy atom. The molecule has 2 aromatic rings. The molecule has 0 aliphatic rings. The summed E-state index contributed by atoms with van der Waals surface area (Å²) in [6.07, 6.45) is 1.34. The largest absolute Gasteiger partial charge is 0.482 e. The van der Waals surface area contributed by atoms with Crippen LogP contribution in [0.5, 0.6) is 5.75 Å². The molecule has 0 saturated heterocycles. The summed E-state index contributed by atoms with van der Waals surface area (Å²) in [6.45, 7) is 5.36. The van der Waals surface area contributed by atoms with Gasteiger partial charge in [-0.25, -0.2) is 9.78 Å². The fourth-order valence-electron chi connectivity index (χ4n) is 2.21. The zero-order valence-electron chi connectivity index (χ0n) is 15.2. The molecule has 0 atom stereocenters. The van der Waals surface area contributed by atoms with Crippen LogP contribution in [-0.4, -0.2) is 30.1 Å². The number of carbonyl (C=O) groups is 2. The third kappa shape index (κ3) is 6.41. The average molecular weight is 411 g/mol. The maximum absolute atomic E-state index is 11.9. The highest BCUT2D eigenvalue weighted by Crippen LogP contribution is 2.30. The summed E-state index contributed by atoms with van der Waals surface area (Å²) in [7, 11) is 0. The summed E-state index contributed by atoms with van der Waals surface area (Å²) in [5.74, 6) is -0.500. The molecule has 0 aliphatic carbocycles. The van der Waals surface area contributed by atoms with Crippen molar-refractivity contribution in [3.8, 4) is 5.75 Å². The van der Waals surface area contributed by atoms with Crippen molar-refractivity contribution in [3.05, 3.63) is 52.1 Å². The van der Waals surface area contributed by atoms with Crippen molar-refractivity contribution >= 4 is 40.9 Å². The second-order valence-electron chi connectivity index (χ2n) is 6.73. The molecule has 8 heteroatoms. The lowest BCUT2D eigenvalue weighted by Gasteiger charge is -2.22. The molecule has 1 heterocycles. The van der Waals surface area contributed by atoms with Gasteiger partial charge in [0, 0.05) is 6.20 Å². The molecule has 0 unspecified atom stereocenters. The molecule has 144 valence electrons. The van der Waals surface area contributed by atoms with Gasteiger partial charge in [0.25, 0.3) is 5.91 Å². The Kier molecular flexibility index (Phi) is 7.05. The predicted molar refractivity (Wildman–Crippen MR) is 104 cm³/mol. The van der Waals surface area contributed by atoms with E-state index in [1.54, 1.807) is 6.07 Å². The first-order valence-corrected chi connectivity index (χ1v) is 8.91. The number of esters is 1. The summed E-state index contributed by atoms with van der Waals surface area (Å²) in [6, 6.07) is 8.90. The van der Waals surface area contributed by atoms with E-state index in [2.05, 4.69) is 10.3 Å². The maximum Gasteiger partial charge on any atom is 0.344 e. The molecule has 2 rings (SSSR count). The fourth-order valence-corrected chi connectivity index (χ4v) is 2.64. The van der Waals surface area contributed by atoms with Crippen LogP contribution in [0.25, 0.3) is 0 Å². The zero-order chi connectivity index (χ0) is 20.0. The standard InChI is InChI=1S/C19H20Cl2N2O4/c1-19(2,3)13-6-4-5-7-15(13)26-11-17(25)27-10-16(24)23-18-14(21)8-12(20)9-22-18/h4-9H,10-11H2,1-3H3,(H,22,23,24). The Morgan fingerprint density at radius 3 is 2.52 bits per heavy atom. The summed E-state index contributed by atoms with van der Waals surface area (Å²) in [5, 5.41) is 2.97. The van der Waals surface area contributed by atoms with Crippen LogP contribution in [0.3, 0.4) is 0 Å². The number of para-hydroxylation sites is 1. The number of carbonyl (C=O) groups excluding carboxylic acids is 2. The summed E-state index contributed by atoms with van der Waals surface area (Å²) >= 11 is 11.7. The Balaban J connectivity index is 1.84. The van der Waals surface area contributed by atoms with Gasteiger partial charge in [0.15, 0.2) is 19.0 Å². The molecule has 0 spiro atoms. The van der Waals surface area contributed by atoms with E-state index < -0.39 is 18.5 Å². The van der Waals surface area contributed by atoms with Gasteiger partial charge >= 0.3 is 5.97 Å². The van der Waals surface area contributed by atoms with Crippen molar-refractivity contribution in [2.24, 2.45) is 0 Å². The monoisotopic (exact) mass is 410 g/mol. The Labute approximate surface area is 167 Å². The molecule has 27 heavy (non-hydrogen) atoms. The van der Waals surface area contributed by atoms with Crippen molar-refractivity contribution in [3.63, 3.8) is 0 Å². The third-order valence-electron chi connectivity index (χ3n) is 3.47. The number of aromatic nitrogens is 1. The molecule has 1 aromatic heterocycles. The molecule has 1 amide bonds. The summed E-state index contributed by atoms with van der Waals surface area (Å²) < 4.78 is 10.5. The van der Waals surface area contributed by atoms with Gasteiger partial charge in [0.1, 0.15) is 5.75 Å². The minimum atomic E-state index is -0.663. The van der Waals surface area contributed by atoms with E-state index in [9.17, 15) is 9.59 Å². The number of benzene rings is 1. The van der Waals surface area contributed by atoms with E-state index in [1.807, 2.05) is 39.0 Å². The summed E-state index contributed by atoms with van der Waals surface area (Å²) in [5.41, 5.74) is 0.838. The topological polar surface area (TPSA) is 77.5 Å². The summed E-state index contributed by atoms with van der Waals surface area (Å²) in [4.78, 5) is 27.6. The highest BCUT2D eigenvalue weighted by molar-refractivity contribution is 6.36. The lowest BCUT2D eigenvalue weighted by atomic mass is 9.86. The molecule has 0 fully saturated rings. The molecule has 6 nitrogen and oxygen atoms in total. The fraction of sp³-hybridized carbons (Fsp3) is 0.316. The average Bonchev–Trinajstić information content (AvgIpc) is 2.60. The van der Waals surface area contributed by atoms with Crippen LogP contribution in [0.4, 0.5) is 5.82 Å². The molecular weight excluding hydrogens is 391 g/mol. The van der Waals surface area contributed by atoms with E-state index in [0.29, 0.717) is 10.8 Å². The highest BCUT2D eigenvalue weighted by atomic mass is 35.5. The number of nitrogens with zero attached hydrogens (tertiary/aromatic N) is 1. The van der Waals surface area contributed by atoms with Gasteiger partial charge in [-0.15, -0.1) is 0 Å². The van der Waals surface area contributed by atoms with Crippen LogP contribution in [-0.2, 0) is 19.7 Å². The van der Waals surface area contributed by atoms with Crippen molar-refractivity contribution in [2.75, 3.05) is 18.5 Å². The SMILES string of the molecule is CC(C)(C)c1ccccc1OCC(=O)OCC(=O)Nc1ncc(Cl)cc1Cl. The number of hydrogen-bond acceptors (Lipinski definition) is 5. The quantitative estimate of drug-likeness (QED) is 0.720. The van der Waals surface area contributed by atoms with E-state index in [4.69, 9.17) is 32.7 Å². The number of anilines is 1. The highest BCUT2D eigenvalue weighted by Gasteiger charge is 2.19. The normalized spacial score (nSPS) is 11.0. The van der Waals surface area contributed by atoms with E-state index in [0.717, 1.165) is 5.56 Å². The molecule has 0 radical (unpaired) electrons. The maximum atomic E-state index is 11.9. The van der Waals surface area contributed by atoms with Crippen LogP contribution in [0, 0.1) is 0 Å². The van der Waals surface area contributed by atoms with Gasteiger partial charge in [0.2, 0.25) is 0 Å². The lowest BCUT2D eigenvalue weighted by molar-refractivity contribution is -0.149. The van der Waals surface area contributed by atoms with Crippen molar-refractivity contribution in [2.45, 2.75) is 26.2 Å². The molecular formula is C19H20Cl2N2O4.